The molecule has 1 rings (SSSR count). The van der Waals surface area contributed by atoms with E-state index in [2.05, 4.69) is 0 Å². The van der Waals surface area contributed by atoms with Gasteiger partial charge in [-0.2, -0.15) is 0 Å². The number of ether oxygens (including phenoxy) is 1. The van der Waals surface area contributed by atoms with Gasteiger partial charge < -0.3 is 14.7 Å². The number of nitrogens with zero attached hydrogens (tertiary/aromatic N) is 1. The lowest BCUT2D eigenvalue weighted by Gasteiger charge is -2.41. The zero-order valence-corrected chi connectivity index (χ0v) is 10.6. The lowest BCUT2D eigenvalue weighted by Crippen LogP contribution is -2.56. The fraction of sp³-hybridized carbons (Fsp3) is 0.833. The van der Waals surface area contributed by atoms with E-state index in [9.17, 15) is 14.7 Å². The molecule has 1 amide bonds. The number of carbonyl (C=O) groups excluding carboxylic acids is 1. The average molecular weight is 243 g/mol. The second-order valence-corrected chi connectivity index (χ2v) is 4.59. The van der Waals surface area contributed by atoms with Crippen molar-refractivity contribution in [3.05, 3.63) is 0 Å². The molecule has 0 aromatic carbocycles. The van der Waals surface area contributed by atoms with Gasteiger partial charge in [-0.15, -0.1) is 0 Å². The SMILES string of the molecule is COCCC(=O)N(C)C1(C(=O)O)CCCCC1. The molecular weight excluding hydrogens is 222 g/mol. The minimum absolute atomic E-state index is 0.156. The van der Waals surface area contributed by atoms with Crippen LogP contribution in [0.1, 0.15) is 38.5 Å². The number of carboxylic acid groups (broad SMARTS) is 1. The minimum Gasteiger partial charge on any atom is -0.479 e. The molecule has 1 fully saturated rings. The van der Waals surface area contributed by atoms with E-state index in [1.165, 1.54) is 12.0 Å². The summed E-state index contributed by atoms with van der Waals surface area (Å²) in [7, 11) is 3.12. The van der Waals surface area contributed by atoms with Crippen LogP contribution in [0.3, 0.4) is 0 Å². The van der Waals surface area contributed by atoms with Gasteiger partial charge in [0.1, 0.15) is 5.54 Å². The summed E-state index contributed by atoms with van der Waals surface area (Å²) in [6, 6.07) is 0. The topological polar surface area (TPSA) is 66.8 Å². The maximum absolute atomic E-state index is 11.9. The third kappa shape index (κ3) is 2.97. The Kier molecular flexibility index (Phi) is 4.93. The molecule has 0 atom stereocenters. The molecule has 1 aliphatic rings. The van der Waals surface area contributed by atoms with Crippen LogP contribution in [-0.4, -0.2) is 48.2 Å². The van der Waals surface area contributed by atoms with E-state index >= 15 is 0 Å². The van der Waals surface area contributed by atoms with Gasteiger partial charge in [0, 0.05) is 14.2 Å². The summed E-state index contributed by atoms with van der Waals surface area (Å²) in [4.78, 5) is 24.8. The maximum atomic E-state index is 11.9. The normalized spacial score (nSPS) is 18.7. The maximum Gasteiger partial charge on any atom is 0.329 e. The van der Waals surface area contributed by atoms with Crippen LogP contribution in [0.15, 0.2) is 0 Å². The first-order valence-corrected chi connectivity index (χ1v) is 6.03. The van der Waals surface area contributed by atoms with Crippen molar-refractivity contribution in [2.75, 3.05) is 20.8 Å². The van der Waals surface area contributed by atoms with E-state index in [4.69, 9.17) is 4.74 Å². The van der Waals surface area contributed by atoms with Crippen LogP contribution in [0.4, 0.5) is 0 Å². The molecule has 17 heavy (non-hydrogen) atoms. The van der Waals surface area contributed by atoms with Gasteiger partial charge in [0.05, 0.1) is 13.0 Å². The zero-order valence-electron chi connectivity index (χ0n) is 10.6. The van der Waals surface area contributed by atoms with E-state index < -0.39 is 11.5 Å². The highest BCUT2D eigenvalue weighted by atomic mass is 16.5. The molecule has 0 aliphatic heterocycles. The first kappa shape index (κ1) is 14.0. The van der Waals surface area contributed by atoms with Crippen LogP contribution in [-0.2, 0) is 14.3 Å². The van der Waals surface area contributed by atoms with Crippen LogP contribution in [0.2, 0.25) is 0 Å². The molecule has 1 saturated carbocycles. The Morgan fingerprint density at radius 3 is 2.35 bits per heavy atom. The largest absolute Gasteiger partial charge is 0.479 e. The van der Waals surface area contributed by atoms with Gasteiger partial charge in [0.25, 0.3) is 0 Å². The van der Waals surface area contributed by atoms with E-state index in [1.807, 2.05) is 0 Å². The molecule has 0 radical (unpaired) electrons. The summed E-state index contributed by atoms with van der Waals surface area (Å²) in [6.45, 7) is 0.332. The summed E-state index contributed by atoms with van der Waals surface area (Å²) in [5.74, 6) is -1.04. The summed E-state index contributed by atoms with van der Waals surface area (Å²) in [5, 5.41) is 9.41. The van der Waals surface area contributed by atoms with E-state index in [0.29, 0.717) is 19.4 Å². The third-order valence-corrected chi connectivity index (χ3v) is 3.62. The fourth-order valence-electron chi connectivity index (χ4n) is 2.43. The molecule has 0 aromatic heterocycles. The molecule has 5 nitrogen and oxygen atoms in total. The van der Waals surface area contributed by atoms with Crippen molar-refractivity contribution < 1.29 is 19.4 Å². The van der Waals surface area contributed by atoms with E-state index in [1.54, 1.807) is 7.05 Å². The number of aliphatic carboxylic acids is 1. The summed E-state index contributed by atoms with van der Waals surface area (Å²) >= 11 is 0. The number of hydrogen-bond donors (Lipinski definition) is 1. The minimum atomic E-state index is -0.997. The van der Waals surface area contributed by atoms with Gasteiger partial charge in [0.15, 0.2) is 0 Å². The Balaban J connectivity index is 2.76. The molecule has 0 unspecified atom stereocenters. The molecule has 1 N–H and O–H groups in total. The average Bonchev–Trinajstić information content (AvgIpc) is 2.35. The van der Waals surface area contributed by atoms with E-state index in [-0.39, 0.29) is 12.3 Å². The van der Waals surface area contributed by atoms with Crippen molar-refractivity contribution in [2.24, 2.45) is 0 Å². The predicted molar refractivity (Wildman–Crippen MR) is 62.7 cm³/mol. The van der Waals surface area contributed by atoms with Gasteiger partial charge in [-0.05, 0) is 12.8 Å². The Morgan fingerprint density at radius 2 is 1.88 bits per heavy atom. The standard InChI is InChI=1S/C12H21NO4/c1-13(10(14)6-9-17-2)12(11(15)16)7-4-3-5-8-12/h3-9H2,1-2H3,(H,15,16). The third-order valence-electron chi connectivity index (χ3n) is 3.62. The number of rotatable bonds is 5. The molecule has 1 aliphatic carbocycles. The van der Waals surface area contributed by atoms with Gasteiger partial charge in [-0.3, -0.25) is 4.79 Å². The Morgan fingerprint density at radius 1 is 1.29 bits per heavy atom. The number of carbonyl (C=O) groups is 2. The zero-order chi connectivity index (χ0) is 12.9. The summed E-state index contributed by atoms with van der Waals surface area (Å²) in [5.41, 5.74) is -0.997. The number of hydrogen-bond acceptors (Lipinski definition) is 3. The first-order chi connectivity index (χ1) is 8.04. The number of carboxylic acids is 1. The summed E-state index contributed by atoms with van der Waals surface area (Å²) in [6.07, 6.45) is 4.13. The molecule has 0 aromatic rings. The van der Waals surface area contributed by atoms with Crippen molar-refractivity contribution in [2.45, 2.75) is 44.1 Å². The predicted octanol–water partition coefficient (Wildman–Crippen LogP) is 1.27. The second-order valence-electron chi connectivity index (χ2n) is 4.59. The van der Waals surface area contributed by atoms with Crippen LogP contribution < -0.4 is 0 Å². The highest BCUT2D eigenvalue weighted by Crippen LogP contribution is 2.33. The van der Waals surface area contributed by atoms with Crippen molar-refractivity contribution in [1.29, 1.82) is 0 Å². The van der Waals surface area contributed by atoms with Crippen LogP contribution in [0.5, 0.6) is 0 Å². The van der Waals surface area contributed by atoms with Crippen molar-refractivity contribution >= 4 is 11.9 Å². The van der Waals surface area contributed by atoms with Gasteiger partial charge in [0.2, 0.25) is 5.91 Å². The Labute approximate surface area is 102 Å². The fourth-order valence-corrected chi connectivity index (χ4v) is 2.43. The molecule has 98 valence electrons. The molecule has 5 heteroatoms. The van der Waals surface area contributed by atoms with Gasteiger partial charge >= 0.3 is 5.97 Å². The van der Waals surface area contributed by atoms with Crippen LogP contribution >= 0.6 is 0 Å². The van der Waals surface area contributed by atoms with Crippen LogP contribution in [0.25, 0.3) is 0 Å². The monoisotopic (exact) mass is 243 g/mol. The van der Waals surface area contributed by atoms with Crippen molar-refractivity contribution in [3.63, 3.8) is 0 Å². The highest BCUT2D eigenvalue weighted by molar-refractivity contribution is 5.87. The van der Waals surface area contributed by atoms with Crippen molar-refractivity contribution in [1.82, 2.24) is 4.90 Å². The van der Waals surface area contributed by atoms with Gasteiger partial charge in [-0.25, -0.2) is 4.79 Å². The highest BCUT2D eigenvalue weighted by Gasteiger charge is 2.45. The van der Waals surface area contributed by atoms with Crippen molar-refractivity contribution in [3.8, 4) is 0 Å². The quantitative estimate of drug-likeness (QED) is 0.789. The number of methoxy groups -OCH3 is 1. The molecular formula is C12H21NO4. The smallest absolute Gasteiger partial charge is 0.329 e. The Bertz CT molecular complexity index is 284. The number of likely N-dealkylation sites (N-methyl/N-ethyl adjacent to an activating group) is 1. The number of amides is 1. The Hall–Kier alpha value is -1.10. The first-order valence-electron chi connectivity index (χ1n) is 6.03. The molecule has 0 spiro atoms. The lowest BCUT2D eigenvalue weighted by atomic mass is 9.80. The molecule has 0 heterocycles. The van der Waals surface area contributed by atoms with Crippen LogP contribution in [0, 0.1) is 0 Å². The summed E-state index contributed by atoms with van der Waals surface area (Å²) < 4.78 is 4.85. The molecule has 0 bridgehead atoms. The second kappa shape index (κ2) is 6.00. The lowest BCUT2D eigenvalue weighted by molar-refractivity contribution is -0.160. The molecule has 0 saturated heterocycles. The van der Waals surface area contributed by atoms with E-state index in [0.717, 1.165) is 19.3 Å². The van der Waals surface area contributed by atoms with Gasteiger partial charge in [-0.1, -0.05) is 19.3 Å².